The van der Waals surface area contributed by atoms with Crippen LogP contribution in [0.5, 0.6) is 0 Å². The molecule has 0 aliphatic rings. The largest absolute Gasteiger partial charge is 0.352 e. The summed E-state index contributed by atoms with van der Waals surface area (Å²) in [5, 5.41) is 24.5. The minimum absolute atomic E-state index is 0.0451. The van der Waals surface area contributed by atoms with Crippen LogP contribution in [0.1, 0.15) is 13.3 Å². The van der Waals surface area contributed by atoms with Crippen molar-refractivity contribution >= 4 is 0 Å². The molecule has 4 nitrogen and oxygen atoms in total. The highest BCUT2D eigenvalue weighted by atomic mass is 16.6. The maximum atomic E-state index is 8.33. The van der Waals surface area contributed by atoms with E-state index < -0.39 is 5.91 Å². The highest BCUT2D eigenvalue weighted by Crippen LogP contribution is 1.95. The van der Waals surface area contributed by atoms with Crippen LogP contribution in [0.25, 0.3) is 0 Å². The Bertz CT molecular complexity index is 48.1. The fourth-order valence-electron chi connectivity index (χ4n) is 0.0791. The molecule has 0 aliphatic carbocycles. The lowest BCUT2D eigenvalue weighted by molar-refractivity contribution is -0.241. The number of nitrogens with one attached hydrogen (secondary N) is 1. The molecule has 0 bridgehead atoms. The van der Waals surface area contributed by atoms with E-state index in [-0.39, 0.29) is 6.42 Å². The quantitative estimate of drug-likeness (QED) is 0.270. The smallest absolute Gasteiger partial charge is 0.244 e. The molecule has 0 aromatic heterocycles. The Morgan fingerprint density at radius 1 is 1.57 bits per heavy atom. The first-order valence-electron chi connectivity index (χ1n) is 1.98. The second-order valence-electron chi connectivity index (χ2n) is 1.28. The van der Waals surface area contributed by atoms with Gasteiger partial charge in [-0.25, -0.2) is 0 Å². The van der Waals surface area contributed by atoms with Gasteiger partial charge in [-0.3, -0.25) is 0 Å². The van der Waals surface area contributed by atoms with Crippen LogP contribution in [0.15, 0.2) is 0 Å². The summed E-state index contributed by atoms with van der Waals surface area (Å²) in [5.74, 6) is -2.11. The van der Waals surface area contributed by atoms with Crippen LogP contribution in [0.2, 0.25) is 0 Å². The third-order valence-electron chi connectivity index (χ3n) is 0.672. The number of hydroxylamine groups is 1. The van der Waals surface area contributed by atoms with E-state index in [2.05, 4.69) is 0 Å². The van der Waals surface area contributed by atoms with Crippen LogP contribution in [0, 0.1) is 0 Å². The second kappa shape index (κ2) is 2.23. The van der Waals surface area contributed by atoms with E-state index >= 15 is 0 Å². The van der Waals surface area contributed by atoms with Crippen LogP contribution in [0.4, 0.5) is 0 Å². The first-order chi connectivity index (χ1) is 3.12. The van der Waals surface area contributed by atoms with Gasteiger partial charge in [0.2, 0.25) is 5.91 Å². The molecule has 4 N–H and O–H groups in total. The molecule has 0 atom stereocenters. The van der Waals surface area contributed by atoms with E-state index in [1.807, 2.05) is 0 Å². The first-order valence-corrected chi connectivity index (χ1v) is 1.98. The lowest BCUT2D eigenvalue weighted by Gasteiger charge is -2.15. The van der Waals surface area contributed by atoms with Crippen molar-refractivity contribution in [2.24, 2.45) is 0 Å². The van der Waals surface area contributed by atoms with Crippen LogP contribution in [-0.4, -0.2) is 21.3 Å². The third kappa shape index (κ3) is 2.52. The maximum Gasteiger partial charge on any atom is 0.244 e. The minimum Gasteiger partial charge on any atom is -0.352 e. The lowest BCUT2D eigenvalue weighted by Crippen LogP contribution is -2.41. The summed E-state index contributed by atoms with van der Waals surface area (Å²) in [6, 6.07) is 0. The van der Waals surface area contributed by atoms with Crippen molar-refractivity contribution < 1.29 is 15.4 Å². The Morgan fingerprint density at radius 2 is 2.00 bits per heavy atom. The summed E-state index contributed by atoms with van der Waals surface area (Å²) in [4.78, 5) is 0. The molecular weight excluding hydrogens is 98.0 g/mol. The van der Waals surface area contributed by atoms with Gasteiger partial charge in [0.1, 0.15) is 0 Å². The number of hydrogen-bond donors (Lipinski definition) is 4. The molecule has 0 unspecified atom stereocenters. The van der Waals surface area contributed by atoms with Crippen molar-refractivity contribution in [3.8, 4) is 0 Å². The summed E-state index contributed by atoms with van der Waals surface area (Å²) in [6.07, 6.45) is 0.0451. The summed E-state index contributed by atoms with van der Waals surface area (Å²) in [7, 11) is 0. The van der Waals surface area contributed by atoms with Gasteiger partial charge in [-0.15, -0.1) is 5.48 Å². The van der Waals surface area contributed by atoms with Gasteiger partial charge >= 0.3 is 0 Å². The van der Waals surface area contributed by atoms with Crippen molar-refractivity contribution in [2.45, 2.75) is 19.3 Å². The van der Waals surface area contributed by atoms with Crippen LogP contribution in [-0.2, 0) is 0 Å². The van der Waals surface area contributed by atoms with Crippen LogP contribution >= 0.6 is 0 Å². The zero-order valence-electron chi connectivity index (χ0n) is 4.05. The summed E-state index contributed by atoms with van der Waals surface area (Å²) < 4.78 is 0. The van der Waals surface area contributed by atoms with Gasteiger partial charge in [-0.1, -0.05) is 6.92 Å². The summed E-state index contributed by atoms with van der Waals surface area (Å²) >= 11 is 0. The zero-order valence-corrected chi connectivity index (χ0v) is 4.05. The van der Waals surface area contributed by atoms with Crippen molar-refractivity contribution in [3.63, 3.8) is 0 Å². The van der Waals surface area contributed by atoms with Gasteiger partial charge in [-0.05, 0) is 0 Å². The second-order valence-corrected chi connectivity index (χ2v) is 1.28. The average molecular weight is 107 g/mol. The van der Waals surface area contributed by atoms with Gasteiger partial charge in [-0.2, -0.15) is 0 Å². The molecule has 7 heavy (non-hydrogen) atoms. The molecule has 0 spiro atoms. The third-order valence-corrected chi connectivity index (χ3v) is 0.672. The average Bonchev–Trinajstić information content (AvgIpc) is 1.68. The van der Waals surface area contributed by atoms with E-state index in [1.54, 1.807) is 0 Å². The molecule has 0 saturated carbocycles. The Balaban J connectivity index is 3.36. The SMILES string of the molecule is CCC(O)(O)NO. The number of aliphatic hydroxyl groups is 2. The monoisotopic (exact) mass is 107 g/mol. The Labute approximate surface area is 41.4 Å². The standard InChI is InChI=1S/C3H9NO3/c1-2-3(5,6)4-7/h4-7H,2H2,1H3. The van der Waals surface area contributed by atoms with Gasteiger partial charge in [0.05, 0.1) is 0 Å². The maximum absolute atomic E-state index is 8.33. The fraction of sp³-hybridized carbons (Fsp3) is 1.00. The van der Waals surface area contributed by atoms with E-state index in [9.17, 15) is 0 Å². The van der Waals surface area contributed by atoms with Gasteiger partial charge < -0.3 is 15.4 Å². The van der Waals surface area contributed by atoms with E-state index in [4.69, 9.17) is 15.4 Å². The van der Waals surface area contributed by atoms with E-state index in [0.717, 1.165) is 0 Å². The highest BCUT2D eigenvalue weighted by molar-refractivity contribution is 4.47. The minimum atomic E-state index is -2.11. The van der Waals surface area contributed by atoms with E-state index in [1.165, 1.54) is 12.4 Å². The molecule has 0 rings (SSSR count). The van der Waals surface area contributed by atoms with Crippen molar-refractivity contribution in [1.29, 1.82) is 0 Å². The van der Waals surface area contributed by atoms with Crippen LogP contribution < -0.4 is 5.48 Å². The first kappa shape index (κ1) is 6.84. The Hall–Kier alpha value is -0.160. The van der Waals surface area contributed by atoms with Gasteiger partial charge in [0, 0.05) is 6.42 Å². The fourth-order valence-corrected chi connectivity index (χ4v) is 0.0791. The predicted molar refractivity (Wildman–Crippen MR) is 22.4 cm³/mol. The molecule has 0 heterocycles. The molecule has 0 aliphatic heterocycles. The summed E-state index contributed by atoms with van der Waals surface area (Å²) in [6.45, 7) is 1.52. The predicted octanol–water partition coefficient (Wildman–Crippen LogP) is -0.986. The zero-order chi connectivity index (χ0) is 5.91. The molecular formula is C3H9NO3. The van der Waals surface area contributed by atoms with Crippen molar-refractivity contribution in [2.75, 3.05) is 0 Å². The summed E-state index contributed by atoms with van der Waals surface area (Å²) in [5.41, 5.74) is 1.30. The molecule has 0 fully saturated rings. The topological polar surface area (TPSA) is 72.7 Å². The Morgan fingerprint density at radius 3 is 2.00 bits per heavy atom. The van der Waals surface area contributed by atoms with E-state index in [0.29, 0.717) is 0 Å². The van der Waals surface area contributed by atoms with Crippen LogP contribution in [0.3, 0.4) is 0 Å². The van der Waals surface area contributed by atoms with Gasteiger partial charge in [0.25, 0.3) is 0 Å². The highest BCUT2D eigenvalue weighted by Gasteiger charge is 2.16. The molecule has 44 valence electrons. The molecule has 0 radical (unpaired) electrons. The Kier molecular flexibility index (Phi) is 2.17. The van der Waals surface area contributed by atoms with Crippen molar-refractivity contribution in [3.05, 3.63) is 0 Å². The number of hydrogen-bond acceptors (Lipinski definition) is 4. The number of rotatable bonds is 2. The normalized spacial score (nSPS) is 12.0. The lowest BCUT2D eigenvalue weighted by atomic mass is 10.4. The molecule has 0 amide bonds. The molecule has 0 aromatic carbocycles. The van der Waals surface area contributed by atoms with Crippen molar-refractivity contribution in [1.82, 2.24) is 5.48 Å². The molecule has 0 aromatic rings. The molecule has 0 saturated heterocycles. The molecule has 4 heteroatoms. The van der Waals surface area contributed by atoms with Gasteiger partial charge in [0.15, 0.2) is 0 Å².